The number of anilines is 2. The predicted octanol–water partition coefficient (Wildman–Crippen LogP) is 5.40. The summed E-state index contributed by atoms with van der Waals surface area (Å²) in [7, 11) is 3.61. The molecule has 4 fully saturated rings. The van der Waals surface area contributed by atoms with Gasteiger partial charge in [-0.2, -0.15) is 18.3 Å². The van der Waals surface area contributed by atoms with Crippen molar-refractivity contribution in [2.45, 2.75) is 69.0 Å². The zero-order valence-corrected chi connectivity index (χ0v) is 31.2. The zero-order chi connectivity index (χ0) is 38.4. The summed E-state index contributed by atoms with van der Waals surface area (Å²) in [6.07, 6.45) is 1.11. The number of aromatic nitrogens is 2. The molecule has 15 heteroatoms. The first-order valence-electron chi connectivity index (χ1n) is 18.6. The minimum Gasteiger partial charge on any atom is -0.378 e. The van der Waals surface area contributed by atoms with Crippen LogP contribution < -0.4 is 21.1 Å². The zero-order valence-electron chi connectivity index (χ0n) is 30.4. The van der Waals surface area contributed by atoms with E-state index in [4.69, 9.17) is 11.6 Å². The molecule has 5 heterocycles. The number of likely N-dealkylation sites (N-methyl/N-ethyl adjacent to an activating group) is 1. The number of carbonyl (C=O) groups excluding carboxylic acids is 3. The van der Waals surface area contributed by atoms with Gasteiger partial charge in [-0.3, -0.25) is 24.5 Å². The molecule has 1 spiro atoms. The number of carbonyl (C=O) groups is 3. The number of piperidine rings is 4. The summed E-state index contributed by atoms with van der Waals surface area (Å²) in [5.74, 6) is -1.57. The van der Waals surface area contributed by atoms with Gasteiger partial charge in [0.1, 0.15) is 5.02 Å². The third-order valence-corrected chi connectivity index (χ3v) is 12.3. The number of amides is 3. The number of hydrogen-bond acceptors (Lipinski definition) is 8. The number of halogens is 4. The highest BCUT2D eigenvalue weighted by molar-refractivity contribution is 6.32. The van der Waals surface area contributed by atoms with Gasteiger partial charge >= 0.3 is 6.18 Å². The number of hydrogen-bond donors (Lipinski definition) is 2. The lowest BCUT2D eigenvalue weighted by atomic mass is 9.71. The van der Waals surface area contributed by atoms with Crippen LogP contribution in [0.25, 0.3) is 0 Å². The van der Waals surface area contributed by atoms with E-state index in [1.54, 1.807) is 24.2 Å². The summed E-state index contributed by atoms with van der Waals surface area (Å²) in [5.41, 5.74) is 1.50. The van der Waals surface area contributed by atoms with Gasteiger partial charge < -0.3 is 20.0 Å². The van der Waals surface area contributed by atoms with Crippen molar-refractivity contribution in [1.29, 1.82) is 0 Å². The van der Waals surface area contributed by atoms with E-state index in [0.29, 0.717) is 37.4 Å². The van der Waals surface area contributed by atoms with E-state index in [-0.39, 0.29) is 58.0 Å². The molecule has 7 rings (SSSR count). The molecule has 3 aromatic rings. The lowest BCUT2D eigenvalue weighted by molar-refractivity contribution is -0.138. The molecule has 0 aliphatic carbocycles. The molecule has 1 unspecified atom stereocenters. The lowest BCUT2D eigenvalue weighted by Gasteiger charge is -2.47. The van der Waals surface area contributed by atoms with Crippen molar-refractivity contribution < 1.29 is 27.6 Å². The first-order valence-corrected chi connectivity index (χ1v) is 18.9. The van der Waals surface area contributed by atoms with Gasteiger partial charge in [0.25, 0.3) is 11.5 Å². The summed E-state index contributed by atoms with van der Waals surface area (Å²) in [5, 5.41) is 9.84. The molecule has 0 bridgehead atoms. The van der Waals surface area contributed by atoms with Gasteiger partial charge in [0.05, 0.1) is 23.4 Å². The average Bonchev–Trinajstić information content (AvgIpc) is 3.15. The van der Waals surface area contributed by atoms with Crippen molar-refractivity contribution in [1.82, 2.24) is 24.9 Å². The van der Waals surface area contributed by atoms with E-state index < -0.39 is 29.5 Å². The van der Waals surface area contributed by atoms with Crippen molar-refractivity contribution in [2.24, 2.45) is 12.5 Å². The van der Waals surface area contributed by atoms with Crippen LogP contribution in [0.5, 0.6) is 0 Å². The quantitative estimate of drug-likeness (QED) is 0.321. The molecule has 2 N–H and O–H groups in total. The minimum absolute atomic E-state index is 0.0205. The van der Waals surface area contributed by atoms with Crippen LogP contribution >= 0.6 is 11.6 Å². The van der Waals surface area contributed by atoms with Crippen LogP contribution in [-0.4, -0.2) is 89.7 Å². The number of nitrogens with one attached hydrogen (secondary N) is 2. The van der Waals surface area contributed by atoms with E-state index in [2.05, 4.69) is 27.7 Å². The maximum absolute atomic E-state index is 14.3. The van der Waals surface area contributed by atoms with Crippen LogP contribution in [0.1, 0.15) is 83.8 Å². The van der Waals surface area contributed by atoms with Gasteiger partial charge in [-0.15, -0.1) is 0 Å². The number of aryl methyl sites for hydroxylation is 1. The Morgan fingerprint density at radius 1 is 0.944 bits per heavy atom. The van der Waals surface area contributed by atoms with Crippen LogP contribution in [0.4, 0.5) is 24.5 Å². The van der Waals surface area contributed by atoms with Gasteiger partial charge in [0.2, 0.25) is 11.8 Å². The smallest absolute Gasteiger partial charge is 0.378 e. The van der Waals surface area contributed by atoms with Crippen LogP contribution in [0.2, 0.25) is 5.02 Å². The third kappa shape index (κ3) is 7.86. The molecule has 0 saturated carbocycles. The van der Waals surface area contributed by atoms with Gasteiger partial charge in [-0.1, -0.05) is 29.8 Å². The molecule has 54 heavy (non-hydrogen) atoms. The Kier molecular flexibility index (Phi) is 10.5. The van der Waals surface area contributed by atoms with Crippen molar-refractivity contribution in [2.75, 3.05) is 56.5 Å². The molecule has 4 aliphatic rings. The molecular formula is C39H45ClF3N7O4. The fourth-order valence-corrected chi connectivity index (χ4v) is 8.99. The predicted molar refractivity (Wildman–Crippen MR) is 199 cm³/mol. The topological polar surface area (TPSA) is 120 Å². The Morgan fingerprint density at radius 2 is 1.61 bits per heavy atom. The maximum Gasteiger partial charge on any atom is 0.418 e. The first-order chi connectivity index (χ1) is 25.7. The van der Waals surface area contributed by atoms with E-state index in [0.717, 1.165) is 56.8 Å². The van der Waals surface area contributed by atoms with Crippen molar-refractivity contribution in [3.63, 3.8) is 0 Å². The van der Waals surface area contributed by atoms with E-state index in [1.807, 2.05) is 29.2 Å². The second-order valence-electron chi connectivity index (χ2n) is 15.5. The Labute approximate surface area is 316 Å². The van der Waals surface area contributed by atoms with Gasteiger partial charge in [0, 0.05) is 70.0 Å². The molecule has 3 atom stereocenters. The molecule has 2 aromatic carbocycles. The molecule has 4 saturated heterocycles. The highest BCUT2D eigenvalue weighted by Gasteiger charge is 2.42. The Morgan fingerprint density at radius 3 is 2.28 bits per heavy atom. The summed E-state index contributed by atoms with van der Waals surface area (Å²) in [4.78, 5) is 55.7. The Balaban J connectivity index is 0.940. The van der Waals surface area contributed by atoms with Crippen LogP contribution in [-0.2, 0) is 22.8 Å². The summed E-state index contributed by atoms with van der Waals surface area (Å²) in [6.45, 7) is 3.76. The van der Waals surface area contributed by atoms with Crippen molar-refractivity contribution in [3.05, 3.63) is 86.3 Å². The van der Waals surface area contributed by atoms with E-state index in [9.17, 15) is 32.3 Å². The number of alkyl halides is 3. The number of likely N-dealkylation sites (tertiary alicyclic amines) is 2. The molecule has 288 valence electrons. The fourth-order valence-electron chi connectivity index (χ4n) is 8.77. The summed E-state index contributed by atoms with van der Waals surface area (Å²) in [6, 6.07) is 12.0. The highest BCUT2D eigenvalue weighted by Crippen LogP contribution is 2.45. The number of imide groups is 1. The maximum atomic E-state index is 14.3. The Hall–Kier alpha value is -4.43. The monoisotopic (exact) mass is 767 g/mol. The van der Waals surface area contributed by atoms with Gasteiger partial charge in [-0.05, 0) is 92.3 Å². The van der Waals surface area contributed by atoms with E-state index >= 15 is 0 Å². The molecule has 11 nitrogen and oxygen atoms in total. The summed E-state index contributed by atoms with van der Waals surface area (Å²) >= 11 is 6.30. The lowest BCUT2D eigenvalue weighted by Crippen LogP contribution is -2.48. The second kappa shape index (κ2) is 15.0. The number of benzene rings is 2. The number of nitrogens with zero attached hydrogens (tertiary/aromatic N) is 5. The minimum atomic E-state index is -4.60. The van der Waals surface area contributed by atoms with Crippen molar-refractivity contribution in [3.8, 4) is 0 Å². The highest BCUT2D eigenvalue weighted by atomic mass is 35.5. The van der Waals surface area contributed by atoms with Crippen molar-refractivity contribution >= 4 is 40.7 Å². The molecule has 0 radical (unpaired) electrons. The van der Waals surface area contributed by atoms with Gasteiger partial charge in [0.15, 0.2) is 0 Å². The van der Waals surface area contributed by atoms with Gasteiger partial charge in [-0.25, -0.2) is 4.68 Å². The number of rotatable bonds is 6. The molecule has 3 amide bonds. The second-order valence-corrected chi connectivity index (χ2v) is 15.9. The molecule has 4 aliphatic heterocycles. The third-order valence-electron chi connectivity index (χ3n) is 11.9. The normalized spacial score (nSPS) is 23.7. The van der Waals surface area contributed by atoms with Crippen LogP contribution in [0.15, 0.2) is 53.5 Å². The average molecular weight is 768 g/mol. The molecule has 1 aromatic heterocycles. The molecular weight excluding hydrogens is 723 g/mol. The summed E-state index contributed by atoms with van der Waals surface area (Å²) < 4.78 is 44.2. The first kappa shape index (κ1) is 37.9. The standard InChI is InChI=1S/C39H45ClF3N7O4/c1-47-22-27(19-28(23-47)45-31-21-44-48(2)37(54)34(31)40)24-3-5-25(6-4-24)36(53)50-17-13-38(14-18-50)11-15-49(16-12-38)32-9-7-26(20-30(32)39(41,42)43)29-8-10-33(51)46-35(29)52/h3-7,9,20-21,27-29,45H,8,10-19,22-23H2,1-2H3,(H,46,51,52)/t27-,28+,29?/m1/s1. The SMILES string of the molecule is CN1C[C@@H](Nc2cnn(C)c(=O)c2Cl)C[C@@H](c2ccc(C(=O)N3CCC4(CC3)CCN(c3ccc(C5CCC(=O)NC5=O)cc3C(F)(F)F)CC4)cc2)C1. The fraction of sp³-hybridized carbons (Fsp3) is 0.513. The van der Waals surface area contributed by atoms with E-state index in [1.165, 1.54) is 10.7 Å². The van der Waals surface area contributed by atoms with Crippen LogP contribution in [0, 0.1) is 5.41 Å². The van der Waals surface area contributed by atoms with Crippen LogP contribution in [0.3, 0.4) is 0 Å². The largest absolute Gasteiger partial charge is 0.418 e. The Bertz CT molecular complexity index is 1970.